The summed E-state index contributed by atoms with van der Waals surface area (Å²) in [5.41, 5.74) is 1.40. The van der Waals surface area contributed by atoms with Crippen LogP contribution in [0.25, 0.3) is 10.1 Å². The Hall–Kier alpha value is -1.59. The predicted molar refractivity (Wildman–Crippen MR) is 80.2 cm³/mol. The molecule has 0 atom stereocenters. The maximum atomic E-state index is 9.00. The molecule has 1 aliphatic heterocycles. The summed E-state index contributed by atoms with van der Waals surface area (Å²) in [6.45, 7) is 5.52. The molecule has 4 nitrogen and oxygen atoms in total. The number of anilines is 1. The predicted octanol–water partition coefficient (Wildman–Crippen LogP) is 2.40. The maximum absolute atomic E-state index is 9.00. The van der Waals surface area contributed by atoms with Crippen molar-refractivity contribution >= 4 is 33.1 Å². The number of thiophene rings is 1. The molecular weight excluding hydrogens is 260 g/mol. The highest BCUT2D eigenvalue weighted by molar-refractivity contribution is 7.17. The van der Waals surface area contributed by atoms with Crippen molar-refractivity contribution in [3.05, 3.63) is 29.6 Å². The number of nitrogens with one attached hydrogen (secondary N) is 1. The van der Waals surface area contributed by atoms with Crippen molar-refractivity contribution in [3.8, 4) is 0 Å². The molecule has 19 heavy (non-hydrogen) atoms. The summed E-state index contributed by atoms with van der Waals surface area (Å²) in [6, 6.07) is 8.83. The van der Waals surface area contributed by atoms with Gasteiger partial charge in [-0.2, -0.15) is 0 Å². The third kappa shape index (κ3) is 3.68. The Kier molecular flexibility index (Phi) is 4.76. The standard InChI is InChI=1S/C12H14N2S.C2H4O2/c1-2-11(14-7-5-13-6-8-14)10-4-9-15-12(10)3-1;1-2(3)4/h1-4,9,13H,5-8H2;1H3,(H,3,4). The molecule has 2 aromatic rings. The van der Waals surface area contributed by atoms with Crippen LogP contribution in [0.5, 0.6) is 0 Å². The van der Waals surface area contributed by atoms with Gasteiger partial charge in [-0.1, -0.05) is 6.07 Å². The first kappa shape index (κ1) is 13.8. The van der Waals surface area contributed by atoms with E-state index in [0.29, 0.717) is 0 Å². The summed E-state index contributed by atoms with van der Waals surface area (Å²) in [5, 5.41) is 14.4. The van der Waals surface area contributed by atoms with E-state index in [1.165, 1.54) is 15.8 Å². The number of benzene rings is 1. The van der Waals surface area contributed by atoms with Gasteiger partial charge in [-0.15, -0.1) is 11.3 Å². The molecule has 0 unspecified atom stereocenters. The highest BCUT2D eigenvalue weighted by Crippen LogP contribution is 2.30. The van der Waals surface area contributed by atoms with Crippen molar-refractivity contribution in [2.45, 2.75) is 6.92 Å². The van der Waals surface area contributed by atoms with E-state index < -0.39 is 5.97 Å². The molecule has 0 amide bonds. The summed E-state index contributed by atoms with van der Waals surface area (Å²) in [6.07, 6.45) is 0. The number of hydrogen-bond acceptors (Lipinski definition) is 4. The van der Waals surface area contributed by atoms with Crippen molar-refractivity contribution < 1.29 is 9.90 Å². The minimum absolute atomic E-state index is 0.833. The summed E-state index contributed by atoms with van der Waals surface area (Å²) < 4.78 is 1.39. The minimum atomic E-state index is -0.833. The van der Waals surface area contributed by atoms with E-state index in [2.05, 4.69) is 39.9 Å². The summed E-state index contributed by atoms with van der Waals surface area (Å²) in [5.74, 6) is -0.833. The molecule has 1 fully saturated rings. The van der Waals surface area contributed by atoms with Gasteiger partial charge in [0.2, 0.25) is 0 Å². The van der Waals surface area contributed by atoms with Gasteiger partial charge >= 0.3 is 0 Å². The highest BCUT2D eigenvalue weighted by Gasteiger charge is 2.12. The van der Waals surface area contributed by atoms with E-state index in [0.717, 1.165) is 33.1 Å². The first-order valence-electron chi connectivity index (χ1n) is 6.30. The molecule has 0 radical (unpaired) electrons. The Bertz CT molecular complexity index is 543. The maximum Gasteiger partial charge on any atom is 0.300 e. The van der Waals surface area contributed by atoms with Gasteiger partial charge in [0.15, 0.2) is 0 Å². The lowest BCUT2D eigenvalue weighted by molar-refractivity contribution is -0.134. The lowest BCUT2D eigenvalue weighted by Gasteiger charge is -2.30. The van der Waals surface area contributed by atoms with Crippen molar-refractivity contribution in [2.75, 3.05) is 31.1 Å². The van der Waals surface area contributed by atoms with Crippen LogP contribution in [0.15, 0.2) is 29.6 Å². The molecule has 1 aromatic carbocycles. The van der Waals surface area contributed by atoms with Crippen molar-refractivity contribution in [3.63, 3.8) is 0 Å². The second-order valence-corrected chi connectivity index (χ2v) is 5.31. The Balaban J connectivity index is 0.000000297. The van der Waals surface area contributed by atoms with E-state index >= 15 is 0 Å². The van der Waals surface area contributed by atoms with Crippen LogP contribution in [0.2, 0.25) is 0 Å². The number of aliphatic carboxylic acids is 1. The SMILES string of the molecule is CC(=O)O.c1cc(N2CCNCC2)c2ccsc2c1. The first-order valence-corrected chi connectivity index (χ1v) is 7.18. The van der Waals surface area contributed by atoms with E-state index in [4.69, 9.17) is 9.90 Å². The molecule has 1 aromatic heterocycles. The largest absolute Gasteiger partial charge is 0.481 e. The third-order valence-corrected chi connectivity index (χ3v) is 3.81. The zero-order chi connectivity index (χ0) is 13.7. The van der Waals surface area contributed by atoms with Gasteiger partial charge in [-0.25, -0.2) is 0 Å². The molecule has 2 N–H and O–H groups in total. The fourth-order valence-electron chi connectivity index (χ4n) is 2.16. The van der Waals surface area contributed by atoms with Gasteiger partial charge in [0.1, 0.15) is 0 Å². The minimum Gasteiger partial charge on any atom is -0.481 e. The molecule has 1 saturated heterocycles. The van der Waals surface area contributed by atoms with E-state index in [9.17, 15) is 0 Å². The summed E-state index contributed by atoms with van der Waals surface area (Å²) in [7, 11) is 0. The van der Waals surface area contributed by atoms with E-state index in [1.54, 1.807) is 0 Å². The number of fused-ring (bicyclic) bond motifs is 1. The number of carbonyl (C=O) groups is 1. The van der Waals surface area contributed by atoms with Crippen LogP contribution >= 0.6 is 11.3 Å². The first-order chi connectivity index (χ1) is 9.18. The quantitative estimate of drug-likeness (QED) is 0.841. The molecular formula is C14H18N2O2S. The Morgan fingerprint density at radius 1 is 1.32 bits per heavy atom. The summed E-state index contributed by atoms with van der Waals surface area (Å²) >= 11 is 1.82. The van der Waals surface area contributed by atoms with Crippen molar-refractivity contribution in [2.24, 2.45) is 0 Å². The average molecular weight is 278 g/mol. The molecule has 5 heteroatoms. The Morgan fingerprint density at radius 3 is 2.68 bits per heavy atom. The van der Waals surface area contributed by atoms with Crippen LogP contribution in [0.1, 0.15) is 6.92 Å². The molecule has 102 valence electrons. The van der Waals surface area contributed by atoms with Gasteiger partial charge in [0, 0.05) is 48.9 Å². The number of nitrogens with zero attached hydrogens (tertiary/aromatic N) is 1. The Morgan fingerprint density at radius 2 is 2.00 bits per heavy atom. The number of rotatable bonds is 1. The number of carboxylic acid groups (broad SMARTS) is 1. The van der Waals surface area contributed by atoms with Crippen molar-refractivity contribution in [1.82, 2.24) is 5.32 Å². The van der Waals surface area contributed by atoms with Gasteiger partial charge in [-0.3, -0.25) is 4.79 Å². The second kappa shape index (κ2) is 6.54. The zero-order valence-corrected chi connectivity index (χ0v) is 11.7. The molecule has 2 heterocycles. The Labute approximate surface area is 116 Å². The fourth-order valence-corrected chi connectivity index (χ4v) is 2.97. The van der Waals surface area contributed by atoms with Crippen LogP contribution in [-0.4, -0.2) is 37.3 Å². The molecule has 0 spiro atoms. The molecule has 0 aliphatic carbocycles. The molecule has 0 saturated carbocycles. The monoisotopic (exact) mass is 278 g/mol. The summed E-state index contributed by atoms with van der Waals surface area (Å²) in [4.78, 5) is 11.5. The average Bonchev–Trinajstić information content (AvgIpc) is 2.87. The van der Waals surface area contributed by atoms with Gasteiger partial charge < -0.3 is 15.3 Å². The fraction of sp³-hybridized carbons (Fsp3) is 0.357. The van der Waals surface area contributed by atoms with E-state index in [1.807, 2.05) is 11.3 Å². The van der Waals surface area contributed by atoms with Crippen LogP contribution < -0.4 is 10.2 Å². The lowest BCUT2D eigenvalue weighted by atomic mass is 10.2. The molecule has 1 aliphatic rings. The number of hydrogen-bond donors (Lipinski definition) is 2. The smallest absolute Gasteiger partial charge is 0.300 e. The highest BCUT2D eigenvalue weighted by atomic mass is 32.1. The molecule has 0 bridgehead atoms. The number of piperazine rings is 1. The topological polar surface area (TPSA) is 52.6 Å². The normalized spacial score (nSPS) is 14.9. The van der Waals surface area contributed by atoms with Crippen LogP contribution in [-0.2, 0) is 4.79 Å². The van der Waals surface area contributed by atoms with Gasteiger partial charge in [0.05, 0.1) is 0 Å². The third-order valence-electron chi connectivity index (χ3n) is 2.93. The molecule has 3 rings (SSSR count). The van der Waals surface area contributed by atoms with Crippen molar-refractivity contribution in [1.29, 1.82) is 0 Å². The number of carboxylic acids is 1. The zero-order valence-electron chi connectivity index (χ0n) is 10.9. The second-order valence-electron chi connectivity index (χ2n) is 4.37. The van der Waals surface area contributed by atoms with E-state index in [-0.39, 0.29) is 0 Å². The van der Waals surface area contributed by atoms with Gasteiger partial charge in [0.25, 0.3) is 5.97 Å². The van der Waals surface area contributed by atoms with Crippen LogP contribution in [0.3, 0.4) is 0 Å². The van der Waals surface area contributed by atoms with Crippen LogP contribution in [0, 0.1) is 0 Å². The van der Waals surface area contributed by atoms with Gasteiger partial charge in [-0.05, 0) is 23.6 Å². The lowest BCUT2D eigenvalue weighted by Crippen LogP contribution is -2.43. The van der Waals surface area contributed by atoms with Crippen LogP contribution in [0.4, 0.5) is 5.69 Å².